The van der Waals surface area contributed by atoms with Crippen LogP contribution >= 0.6 is 23.6 Å². The molecule has 1 amide bonds. The number of hydrogen-bond donors (Lipinski definition) is 2. The highest BCUT2D eigenvalue weighted by Gasteiger charge is 2.16. The Morgan fingerprint density at radius 1 is 1.15 bits per heavy atom. The second kappa shape index (κ2) is 8.75. The summed E-state index contributed by atoms with van der Waals surface area (Å²) in [5.41, 5.74) is 3.17. The molecule has 0 bridgehead atoms. The summed E-state index contributed by atoms with van der Waals surface area (Å²) in [7, 11) is 0. The van der Waals surface area contributed by atoms with Gasteiger partial charge in [-0.25, -0.2) is 0 Å². The Morgan fingerprint density at radius 3 is 2.76 bits per heavy atom. The monoisotopic (exact) mass is 480 g/mol. The van der Waals surface area contributed by atoms with Crippen molar-refractivity contribution >= 4 is 45.2 Å². The van der Waals surface area contributed by atoms with Gasteiger partial charge in [0.25, 0.3) is 5.91 Å². The zero-order valence-corrected chi connectivity index (χ0v) is 19.5. The molecule has 0 unspecified atom stereocenters. The van der Waals surface area contributed by atoms with Crippen LogP contribution in [-0.2, 0) is 6.42 Å². The van der Waals surface area contributed by atoms with Crippen molar-refractivity contribution in [3.63, 3.8) is 0 Å². The van der Waals surface area contributed by atoms with Gasteiger partial charge in [0.2, 0.25) is 4.96 Å². The maximum atomic E-state index is 12.6. The molecule has 4 aromatic rings. The van der Waals surface area contributed by atoms with E-state index in [9.17, 15) is 4.79 Å². The number of amides is 1. The third-order valence-electron chi connectivity index (χ3n) is 5.12. The van der Waals surface area contributed by atoms with E-state index in [1.165, 1.54) is 11.3 Å². The number of anilines is 1. The number of fused-ring (bicyclic) bond motifs is 2. The van der Waals surface area contributed by atoms with Crippen LogP contribution in [0.25, 0.3) is 15.5 Å². The topological polar surface area (TPSA) is 103 Å². The fraction of sp³-hybridized carbons (Fsp3) is 0.227. The third kappa shape index (κ3) is 4.24. The minimum Gasteiger partial charge on any atom is -0.486 e. The van der Waals surface area contributed by atoms with Crippen LogP contribution in [0.5, 0.6) is 11.5 Å². The van der Waals surface area contributed by atoms with E-state index in [4.69, 9.17) is 21.7 Å². The van der Waals surface area contributed by atoms with E-state index >= 15 is 0 Å². The van der Waals surface area contributed by atoms with E-state index in [1.807, 2.05) is 32.0 Å². The van der Waals surface area contributed by atoms with Crippen molar-refractivity contribution in [1.82, 2.24) is 25.1 Å². The van der Waals surface area contributed by atoms with E-state index < -0.39 is 0 Å². The van der Waals surface area contributed by atoms with Crippen LogP contribution in [-0.4, -0.2) is 44.0 Å². The Hall–Kier alpha value is -3.57. The molecule has 0 saturated heterocycles. The number of nitrogens with zero attached hydrogens (tertiary/aromatic N) is 4. The molecule has 0 spiro atoms. The Balaban J connectivity index is 1.27. The molecule has 0 radical (unpaired) electrons. The number of carbonyl (C=O) groups is 1. The van der Waals surface area contributed by atoms with Gasteiger partial charge in [0.15, 0.2) is 22.4 Å². The van der Waals surface area contributed by atoms with E-state index in [2.05, 4.69) is 25.9 Å². The number of rotatable bonds is 4. The van der Waals surface area contributed by atoms with Gasteiger partial charge in [-0.3, -0.25) is 10.1 Å². The lowest BCUT2D eigenvalue weighted by atomic mass is 10.1. The van der Waals surface area contributed by atoms with E-state index in [-0.39, 0.29) is 11.0 Å². The minimum atomic E-state index is -0.329. The Morgan fingerprint density at radius 2 is 1.97 bits per heavy atom. The first kappa shape index (κ1) is 21.3. The molecule has 1 aliphatic heterocycles. The Bertz CT molecular complexity index is 1380. The summed E-state index contributed by atoms with van der Waals surface area (Å²) in [6.07, 6.45) is 0.766. The standard InChI is InChI=1S/C22H20N6O3S2/c1-3-18-25-26-22-28(18)27-20(33-22)14-4-6-15(12(2)10-14)23-21(32)24-19(29)13-5-7-16-17(11-13)31-9-8-30-16/h4-7,10-11H,3,8-9H2,1-2H3,(H2,23,24,29,32). The highest BCUT2D eigenvalue weighted by molar-refractivity contribution is 7.80. The van der Waals surface area contributed by atoms with Gasteiger partial charge in [-0.2, -0.15) is 9.61 Å². The quantitative estimate of drug-likeness (QED) is 0.427. The number of aromatic nitrogens is 4. The maximum Gasteiger partial charge on any atom is 0.257 e. The van der Waals surface area contributed by atoms with Crippen LogP contribution in [0.3, 0.4) is 0 Å². The van der Waals surface area contributed by atoms with Gasteiger partial charge in [0, 0.05) is 23.2 Å². The molecule has 168 valence electrons. The first-order valence-electron chi connectivity index (χ1n) is 10.4. The van der Waals surface area contributed by atoms with E-state index in [0.717, 1.165) is 39.0 Å². The lowest BCUT2D eigenvalue weighted by Gasteiger charge is -2.19. The molecule has 2 aromatic carbocycles. The zero-order valence-electron chi connectivity index (χ0n) is 17.9. The van der Waals surface area contributed by atoms with Crippen LogP contribution in [0.1, 0.15) is 28.7 Å². The molecule has 1 aliphatic rings. The molecule has 2 aromatic heterocycles. The second-order valence-corrected chi connectivity index (χ2v) is 8.73. The maximum absolute atomic E-state index is 12.6. The highest BCUT2D eigenvalue weighted by atomic mass is 32.1. The van der Waals surface area contributed by atoms with E-state index in [1.54, 1.807) is 22.7 Å². The summed E-state index contributed by atoms with van der Waals surface area (Å²) in [5.74, 6) is 1.69. The number of hydrogen-bond acceptors (Lipinski definition) is 8. The van der Waals surface area contributed by atoms with Crippen LogP contribution < -0.4 is 20.1 Å². The second-order valence-electron chi connectivity index (χ2n) is 7.37. The SMILES string of the molecule is CCc1nnc2sc(-c3ccc(NC(=S)NC(=O)c4ccc5c(c4)OCCO5)c(C)c3)nn12. The van der Waals surface area contributed by atoms with Crippen molar-refractivity contribution in [2.75, 3.05) is 18.5 Å². The number of benzene rings is 2. The first-order valence-corrected chi connectivity index (χ1v) is 11.6. The number of nitrogens with one attached hydrogen (secondary N) is 2. The van der Waals surface area contributed by atoms with Crippen molar-refractivity contribution in [3.05, 3.63) is 53.3 Å². The highest BCUT2D eigenvalue weighted by Crippen LogP contribution is 2.31. The molecule has 0 aliphatic carbocycles. The van der Waals surface area contributed by atoms with Crippen LogP contribution in [0.4, 0.5) is 5.69 Å². The molecule has 0 saturated carbocycles. The molecule has 33 heavy (non-hydrogen) atoms. The molecular weight excluding hydrogens is 460 g/mol. The Kier molecular flexibility index (Phi) is 5.65. The average Bonchev–Trinajstić information content (AvgIpc) is 3.41. The summed E-state index contributed by atoms with van der Waals surface area (Å²) in [6.45, 7) is 4.94. The molecule has 2 N–H and O–H groups in total. The summed E-state index contributed by atoms with van der Waals surface area (Å²) in [6, 6.07) is 10.9. The van der Waals surface area contributed by atoms with Crippen molar-refractivity contribution in [1.29, 1.82) is 0 Å². The summed E-state index contributed by atoms with van der Waals surface area (Å²) < 4.78 is 12.8. The first-order chi connectivity index (χ1) is 16.0. The van der Waals surface area contributed by atoms with Crippen LogP contribution in [0, 0.1) is 6.92 Å². The number of aryl methyl sites for hydroxylation is 2. The average molecular weight is 481 g/mol. The summed E-state index contributed by atoms with van der Waals surface area (Å²) in [4.78, 5) is 13.4. The fourth-order valence-corrected chi connectivity index (χ4v) is 4.50. The van der Waals surface area contributed by atoms with Crippen molar-refractivity contribution < 1.29 is 14.3 Å². The lowest BCUT2D eigenvalue weighted by molar-refractivity contribution is 0.0976. The van der Waals surface area contributed by atoms with Crippen molar-refractivity contribution in [3.8, 4) is 22.1 Å². The summed E-state index contributed by atoms with van der Waals surface area (Å²) in [5, 5.41) is 19.8. The smallest absolute Gasteiger partial charge is 0.257 e. The Labute approximate surface area is 198 Å². The molecule has 5 rings (SSSR count). The molecule has 0 atom stereocenters. The van der Waals surface area contributed by atoms with Crippen LogP contribution in [0.2, 0.25) is 0 Å². The van der Waals surface area contributed by atoms with E-state index in [0.29, 0.717) is 30.3 Å². The van der Waals surface area contributed by atoms with Gasteiger partial charge < -0.3 is 14.8 Å². The predicted octanol–water partition coefficient (Wildman–Crippen LogP) is 3.62. The zero-order chi connectivity index (χ0) is 22.9. The minimum absolute atomic E-state index is 0.206. The summed E-state index contributed by atoms with van der Waals surface area (Å²) >= 11 is 6.84. The van der Waals surface area contributed by atoms with Gasteiger partial charge in [0.05, 0.1) is 0 Å². The van der Waals surface area contributed by atoms with Gasteiger partial charge >= 0.3 is 0 Å². The third-order valence-corrected chi connectivity index (χ3v) is 6.28. The normalized spacial score (nSPS) is 12.5. The lowest BCUT2D eigenvalue weighted by Crippen LogP contribution is -2.34. The van der Waals surface area contributed by atoms with Gasteiger partial charge in [-0.1, -0.05) is 18.3 Å². The predicted molar refractivity (Wildman–Crippen MR) is 129 cm³/mol. The van der Waals surface area contributed by atoms with Crippen LogP contribution in [0.15, 0.2) is 36.4 Å². The number of thiocarbonyl (C=S) groups is 1. The fourth-order valence-electron chi connectivity index (χ4n) is 3.44. The molecule has 11 heteroatoms. The largest absolute Gasteiger partial charge is 0.486 e. The number of ether oxygens (including phenoxy) is 2. The molecule has 9 nitrogen and oxygen atoms in total. The number of carbonyl (C=O) groups excluding carboxylic acids is 1. The molecule has 0 fully saturated rings. The molecule has 3 heterocycles. The van der Waals surface area contributed by atoms with Gasteiger partial charge in [-0.05, 0) is 61.1 Å². The van der Waals surface area contributed by atoms with Crippen molar-refractivity contribution in [2.45, 2.75) is 20.3 Å². The van der Waals surface area contributed by atoms with Gasteiger partial charge in [-0.15, -0.1) is 10.2 Å². The molecular formula is C22H20N6O3S2. The van der Waals surface area contributed by atoms with Gasteiger partial charge in [0.1, 0.15) is 18.2 Å². The van der Waals surface area contributed by atoms with Crippen molar-refractivity contribution in [2.24, 2.45) is 0 Å².